The van der Waals surface area contributed by atoms with Gasteiger partial charge in [-0.05, 0) is 16.7 Å². The molecule has 0 radical (unpaired) electrons. The highest BCUT2D eigenvalue weighted by Gasteiger charge is 2.11. The Bertz CT molecular complexity index is 684. The number of nitrogen functional groups attached to an aromatic ring is 1. The molecule has 0 bridgehead atoms. The number of rotatable bonds is 3. The van der Waals surface area contributed by atoms with Crippen LogP contribution in [0.3, 0.4) is 0 Å². The van der Waals surface area contributed by atoms with Crippen LogP contribution in [0.1, 0.15) is 24.1 Å². The molecule has 3 rings (SSSR count). The molecule has 0 aliphatic heterocycles. The normalized spacial score (nSPS) is 12.2. The molecule has 1 unspecified atom stereocenters. The molecule has 0 aliphatic rings. The van der Waals surface area contributed by atoms with Gasteiger partial charge < -0.3 is 5.73 Å². The summed E-state index contributed by atoms with van der Waals surface area (Å²) < 4.78 is 0. The third-order valence-corrected chi connectivity index (χ3v) is 3.60. The Morgan fingerprint density at radius 3 is 2.20 bits per heavy atom. The zero-order valence-electron chi connectivity index (χ0n) is 11.4. The van der Waals surface area contributed by atoms with E-state index in [9.17, 15) is 0 Å². The van der Waals surface area contributed by atoms with Gasteiger partial charge in [-0.3, -0.25) is 5.10 Å². The highest BCUT2D eigenvalue weighted by atomic mass is 15.2. The van der Waals surface area contributed by atoms with E-state index in [-0.39, 0.29) is 5.92 Å². The maximum absolute atomic E-state index is 5.65. The molecule has 1 aromatic heterocycles. The highest BCUT2D eigenvalue weighted by Crippen LogP contribution is 2.26. The predicted molar refractivity (Wildman–Crippen MR) is 82.4 cm³/mol. The van der Waals surface area contributed by atoms with E-state index in [0.29, 0.717) is 5.82 Å². The third kappa shape index (κ3) is 2.43. The molecule has 100 valence electrons. The lowest BCUT2D eigenvalue weighted by Crippen LogP contribution is -1.96. The van der Waals surface area contributed by atoms with Crippen molar-refractivity contribution >= 4 is 5.82 Å². The van der Waals surface area contributed by atoms with Crippen LogP contribution in [-0.2, 0) is 0 Å². The first-order valence-electron chi connectivity index (χ1n) is 6.70. The molecule has 3 aromatic rings. The third-order valence-electron chi connectivity index (χ3n) is 3.60. The first-order chi connectivity index (χ1) is 9.74. The van der Waals surface area contributed by atoms with Crippen molar-refractivity contribution in [2.24, 2.45) is 0 Å². The van der Waals surface area contributed by atoms with Gasteiger partial charge in [-0.2, -0.15) is 5.10 Å². The van der Waals surface area contributed by atoms with Crippen LogP contribution in [0.5, 0.6) is 0 Å². The Kier molecular flexibility index (Phi) is 3.25. The van der Waals surface area contributed by atoms with Crippen LogP contribution in [0, 0.1) is 0 Å². The molecule has 20 heavy (non-hydrogen) atoms. The van der Waals surface area contributed by atoms with Gasteiger partial charge in [0.1, 0.15) is 5.82 Å². The fourth-order valence-corrected chi connectivity index (χ4v) is 2.35. The second kappa shape index (κ2) is 5.21. The van der Waals surface area contributed by atoms with E-state index in [1.807, 2.05) is 12.1 Å². The molecule has 0 saturated carbocycles. The van der Waals surface area contributed by atoms with Gasteiger partial charge in [-0.1, -0.05) is 61.5 Å². The number of nitrogens with one attached hydrogen (secondary N) is 1. The maximum atomic E-state index is 5.65. The largest absolute Gasteiger partial charge is 0.382 e. The quantitative estimate of drug-likeness (QED) is 0.755. The van der Waals surface area contributed by atoms with Gasteiger partial charge >= 0.3 is 0 Å². The fourth-order valence-electron chi connectivity index (χ4n) is 2.35. The molecule has 2 aromatic carbocycles. The summed E-state index contributed by atoms with van der Waals surface area (Å²) >= 11 is 0. The first kappa shape index (κ1) is 12.5. The van der Waals surface area contributed by atoms with Crippen molar-refractivity contribution in [2.45, 2.75) is 12.8 Å². The van der Waals surface area contributed by atoms with E-state index in [1.165, 1.54) is 16.7 Å². The van der Waals surface area contributed by atoms with Crippen LogP contribution < -0.4 is 5.73 Å². The number of H-pyrrole nitrogens is 1. The van der Waals surface area contributed by atoms with E-state index < -0.39 is 0 Å². The smallest absolute Gasteiger partial charge is 0.145 e. The fraction of sp³-hybridized carbons (Fsp3) is 0.118. The molecule has 1 atom stereocenters. The lowest BCUT2D eigenvalue weighted by molar-refractivity contribution is 0.854. The van der Waals surface area contributed by atoms with Gasteiger partial charge in [0, 0.05) is 17.7 Å². The maximum Gasteiger partial charge on any atom is 0.145 e. The first-order valence-corrected chi connectivity index (χ1v) is 6.70. The second-order valence-electron chi connectivity index (χ2n) is 4.96. The number of hydrogen-bond donors (Lipinski definition) is 2. The molecule has 0 saturated heterocycles. The zero-order chi connectivity index (χ0) is 13.9. The average molecular weight is 263 g/mol. The van der Waals surface area contributed by atoms with Crippen molar-refractivity contribution in [2.75, 3.05) is 5.73 Å². The molecular formula is C17H17N3. The summed E-state index contributed by atoms with van der Waals surface area (Å²) in [6.07, 6.45) is 0. The number of nitrogens with two attached hydrogens (primary N) is 1. The van der Waals surface area contributed by atoms with Crippen molar-refractivity contribution in [3.05, 3.63) is 71.9 Å². The van der Waals surface area contributed by atoms with Crippen LogP contribution >= 0.6 is 0 Å². The minimum absolute atomic E-state index is 0.254. The van der Waals surface area contributed by atoms with Crippen LogP contribution in [0.2, 0.25) is 0 Å². The van der Waals surface area contributed by atoms with Gasteiger partial charge in [0.2, 0.25) is 0 Å². The number of aromatic nitrogens is 2. The molecule has 3 nitrogen and oxygen atoms in total. The van der Waals surface area contributed by atoms with Gasteiger partial charge in [0.25, 0.3) is 0 Å². The van der Waals surface area contributed by atoms with Crippen LogP contribution in [0.25, 0.3) is 11.1 Å². The summed E-state index contributed by atoms with van der Waals surface area (Å²) in [4.78, 5) is 0. The SMILES string of the molecule is CC(c1ccc(-c2ccccc2)cc1)c1cc(N)n[nH]1. The Morgan fingerprint density at radius 1 is 0.950 bits per heavy atom. The molecule has 3 heteroatoms. The van der Waals surface area contributed by atoms with Crippen LogP contribution in [0.15, 0.2) is 60.7 Å². The minimum atomic E-state index is 0.254. The lowest BCUT2D eigenvalue weighted by atomic mass is 9.95. The Labute approximate surface area is 118 Å². The lowest BCUT2D eigenvalue weighted by Gasteiger charge is -2.10. The van der Waals surface area contributed by atoms with E-state index in [4.69, 9.17) is 5.73 Å². The number of hydrogen-bond acceptors (Lipinski definition) is 2. The van der Waals surface area contributed by atoms with Crippen LogP contribution in [0.4, 0.5) is 5.82 Å². The Balaban J connectivity index is 1.86. The second-order valence-corrected chi connectivity index (χ2v) is 4.96. The number of anilines is 1. The van der Waals surface area contributed by atoms with Crippen LogP contribution in [-0.4, -0.2) is 10.2 Å². The number of nitrogens with zero attached hydrogens (tertiary/aromatic N) is 1. The topological polar surface area (TPSA) is 54.7 Å². The predicted octanol–water partition coefficient (Wildman–Crippen LogP) is 3.81. The summed E-state index contributed by atoms with van der Waals surface area (Å²) in [5, 5.41) is 6.96. The van der Waals surface area contributed by atoms with Crippen molar-refractivity contribution in [3.63, 3.8) is 0 Å². The molecule has 0 aliphatic carbocycles. The summed E-state index contributed by atoms with van der Waals surface area (Å²) in [6.45, 7) is 2.14. The molecule has 3 N–H and O–H groups in total. The van der Waals surface area contributed by atoms with Crippen molar-refractivity contribution < 1.29 is 0 Å². The van der Waals surface area contributed by atoms with Crippen molar-refractivity contribution in [1.82, 2.24) is 10.2 Å². The minimum Gasteiger partial charge on any atom is -0.382 e. The number of benzene rings is 2. The molecule has 1 heterocycles. The summed E-state index contributed by atoms with van der Waals surface area (Å²) in [7, 11) is 0. The van der Waals surface area contributed by atoms with Gasteiger partial charge in [-0.25, -0.2) is 0 Å². The Morgan fingerprint density at radius 2 is 1.60 bits per heavy atom. The van der Waals surface area contributed by atoms with Crippen molar-refractivity contribution in [1.29, 1.82) is 0 Å². The standard InChI is InChI=1S/C17H17N3/c1-12(16-11-17(18)20-19-16)13-7-9-15(10-8-13)14-5-3-2-4-6-14/h2-12H,1H3,(H3,18,19,20). The molecule has 0 fully saturated rings. The Hall–Kier alpha value is -2.55. The molecule has 0 spiro atoms. The summed E-state index contributed by atoms with van der Waals surface area (Å²) in [5.41, 5.74) is 10.4. The van der Waals surface area contributed by atoms with Gasteiger partial charge in [0.05, 0.1) is 0 Å². The van der Waals surface area contributed by atoms with E-state index in [1.54, 1.807) is 0 Å². The average Bonchev–Trinajstić information content (AvgIpc) is 2.94. The summed E-state index contributed by atoms with van der Waals surface area (Å²) in [5.74, 6) is 0.789. The highest BCUT2D eigenvalue weighted by molar-refractivity contribution is 5.63. The van der Waals surface area contributed by atoms with Crippen molar-refractivity contribution in [3.8, 4) is 11.1 Å². The number of aromatic amines is 1. The van der Waals surface area contributed by atoms with E-state index >= 15 is 0 Å². The van der Waals surface area contributed by atoms with Gasteiger partial charge in [0.15, 0.2) is 0 Å². The zero-order valence-corrected chi connectivity index (χ0v) is 11.4. The molecule has 0 amide bonds. The van der Waals surface area contributed by atoms with Gasteiger partial charge in [-0.15, -0.1) is 0 Å². The monoisotopic (exact) mass is 263 g/mol. The summed E-state index contributed by atoms with van der Waals surface area (Å²) in [6, 6.07) is 20.9. The van der Waals surface area contributed by atoms with E-state index in [0.717, 1.165) is 5.69 Å². The van der Waals surface area contributed by atoms with E-state index in [2.05, 4.69) is 65.7 Å². The molecular weight excluding hydrogens is 246 g/mol.